The van der Waals surface area contributed by atoms with Gasteiger partial charge in [-0.05, 0) is 6.92 Å². The van der Waals surface area contributed by atoms with Gasteiger partial charge in [0.1, 0.15) is 12.4 Å². The highest BCUT2D eigenvalue weighted by Crippen LogP contribution is 1.93. The number of carbonyl (C=O) groups is 1. The van der Waals surface area contributed by atoms with Crippen LogP contribution in [0.3, 0.4) is 0 Å². The smallest absolute Gasteiger partial charge is 0.331 e. The molecule has 56 valence electrons. The maximum absolute atomic E-state index is 9.99. The summed E-state index contributed by atoms with van der Waals surface area (Å²) in [5, 5.41) is 8.20. The molecule has 0 saturated carbocycles. The minimum Gasteiger partial charge on any atom is -0.494 e. The molecule has 0 aliphatic carbocycles. The molecule has 0 bridgehead atoms. The summed E-state index contributed by atoms with van der Waals surface area (Å²) in [6.07, 6.45) is 2.56. The van der Waals surface area contributed by atoms with Crippen LogP contribution in [-0.4, -0.2) is 17.7 Å². The summed E-state index contributed by atoms with van der Waals surface area (Å²) in [5.41, 5.74) is 0. The topological polar surface area (TPSA) is 46.5 Å². The molecule has 0 aliphatic heterocycles. The molecule has 0 atom stereocenters. The zero-order chi connectivity index (χ0) is 7.98. The zero-order valence-electron chi connectivity index (χ0n) is 5.83. The summed E-state index contributed by atoms with van der Waals surface area (Å²) in [6.45, 7) is 5.34. The first-order valence-electron chi connectivity index (χ1n) is 2.81. The van der Waals surface area contributed by atoms with Gasteiger partial charge in [0.25, 0.3) is 0 Å². The van der Waals surface area contributed by atoms with Gasteiger partial charge in [-0.2, -0.15) is 0 Å². The third-order valence-corrected chi connectivity index (χ3v) is 0.756. The molecule has 3 heteroatoms. The van der Waals surface area contributed by atoms with Crippen LogP contribution in [0.1, 0.15) is 6.92 Å². The molecular weight excluding hydrogens is 132 g/mol. The van der Waals surface area contributed by atoms with E-state index >= 15 is 0 Å². The Kier molecular flexibility index (Phi) is 4.04. The van der Waals surface area contributed by atoms with Crippen LogP contribution < -0.4 is 0 Å². The van der Waals surface area contributed by atoms with Crippen molar-refractivity contribution in [3.63, 3.8) is 0 Å². The Morgan fingerprint density at radius 3 is 2.80 bits per heavy atom. The summed E-state index contributed by atoms with van der Waals surface area (Å²) in [6, 6.07) is 0. The predicted octanol–water partition coefficient (Wildman–Crippen LogP) is 1.18. The largest absolute Gasteiger partial charge is 0.494 e. The molecule has 0 aromatic heterocycles. The Balaban J connectivity index is 3.70. The van der Waals surface area contributed by atoms with E-state index in [0.29, 0.717) is 12.4 Å². The Hall–Kier alpha value is -1.25. The minimum atomic E-state index is -0.999. The predicted molar refractivity (Wildman–Crippen MR) is 37.5 cm³/mol. The lowest BCUT2D eigenvalue weighted by molar-refractivity contribution is -0.131. The lowest BCUT2D eigenvalue weighted by atomic mass is 10.5. The molecule has 0 unspecified atom stereocenters. The van der Waals surface area contributed by atoms with Crippen molar-refractivity contribution in [1.29, 1.82) is 0 Å². The highest BCUT2D eigenvalue weighted by molar-refractivity contribution is 5.80. The van der Waals surface area contributed by atoms with Gasteiger partial charge in [0.15, 0.2) is 0 Å². The number of hydrogen-bond acceptors (Lipinski definition) is 2. The van der Waals surface area contributed by atoms with Gasteiger partial charge in [-0.25, -0.2) is 4.79 Å². The monoisotopic (exact) mass is 142 g/mol. The summed E-state index contributed by atoms with van der Waals surface area (Å²) >= 11 is 0. The van der Waals surface area contributed by atoms with Crippen LogP contribution in [-0.2, 0) is 9.53 Å². The second-order valence-electron chi connectivity index (χ2n) is 1.69. The number of rotatable bonds is 4. The van der Waals surface area contributed by atoms with Crippen LogP contribution in [0.5, 0.6) is 0 Å². The van der Waals surface area contributed by atoms with Crippen LogP contribution in [0.15, 0.2) is 24.5 Å². The number of ether oxygens (including phenoxy) is 1. The van der Waals surface area contributed by atoms with Crippen molar-refractivity contribution in [2.75, 3.05) is 6.61 Å². The van der Waals surface area contributed by atoms with Gasteiger partial charge in [0.05, 0.1) is 6.08 Å². The summed E-state index contributed by atoms with van der Waals surface area (Å²) in [4.78, 5) is 9.99. The first-order chi connectivity index (χ1) is 4.66. The molecule has 0 aromatic rings. The lowest BCUT2D eigenvalue weighted by Crippen LogP contribution is -1.93. The maximum atomic E-state index is 9.99. The fourth-order valence-corrected chi connectivity index (χ4v) is 0.406. The van der Waals surface area contributed by atoms with Gasteiger partial charge in [-0.3, -0.25) is 0 Å². The Labute approximate surface area is 59.6 Å². The Morgan fingerprint density at radius 1 is 1.80 bits per heavy atom. The van der Waals surface area contributed by atoms with Crippen LogP contribution in [0.4, 0.5) is 0 Å². The van der Waals surface area contributed by atoms with Gasteiger partial charge in [-0.1, -0.05) is 12.7 Å². The average molecular weight is 142 g/mol. The van der Waals surface area contributed by atoms with Gasteiger partial charge in [-0.15, -0.1) is 0 Å². The molecule has 0 aromatic carbocycles. The molecule has 0 aliphatic rings. The highest BCUT2D eigenvalue weighted by atomic mass is 16.5. The standard InChI is InChI=1S/C7H10O3/c1-3-4-10-6(2)5-7(8)9/h3,5H,1,4H2,2H3,(H,8,9)/b6-5-. The second kappa shape index (κ2) is 4.61. The normalized spacial score (nSPS) is 10.7. The molecule has 0 heterocycles. The number of allylic oxidation sites excluding steroid dienone is 1. The number of carboxylic acid groups (broad SMARTS) is 1. The number of aliphatic carboxylic acids is 1. The van der Waals surface area contributed by atoms with Crippen LogP contribution in [0.2, 0.25) is 0 Å². The van der Waals surface area contributed by atoms with E-state index in [9.17, 15) is 4.79 Å². The van der Waals surface area contributed by atoms with Crippen molar-refractivity contribution in [3.05, 3.63) is 24.5 Å². The van der Waals surface area contributed by atoms with Gasteiger partial charge in [0.2, 0.25) is 0 Å². The molecule has 0 radical (unpaired) electrons. The van der Waals surface area contributed by atoms with E-state index in [0.717, 1.165) is 6.08 Å². The third-order valence-electron chi connectivity index (χ3n) is 0.756. The lowest BCUT2D eigenvalue weighted by Gasteiger charge is -1.99. The van der Waals surface area contributed by atoms with Crippen LogP contribution in [0.25, 0.3) is 0 Å². The van der Waals surface area contributed by atoms with E-state index in [-0.39, 0.29) is 0 Å². The average Bonchev–Trinajstić information content (AvgIpc) is 1.82. The third kappa shape index (κ3) is 4.90. The van der Waals surface area contributed by atoms with Crippen molar-refractivity contribution in [3.8, 4) is 0 Å². The van der Waals surface area contributed by atoms with Gasteiger partial charge < -0.3 is 9.84 Å². The summed E-state index contributed by atoms with van der Waals surface area (Å²) < 4.78 is 4.86. The SMILES string of the molecule is C=CCO/C(C)=C\C(=O)O. The highest BCUT2D eigenvalue weighted by Gasteiger charge is 1.91. The molecule has 0 amide bonds. The van der Waals surface area contributed by atoms with Crippen LogP contribution >= 0.6 is 0 Å². The van der Waals surface area contributed by atoms with E-state index in [4.69, 9.17) is 9.84 Å². The number of carboxylic acids is 1. The van der Waals surface area contributed by atoms with Crippen LogP contribution in [0, 0.1) is 0 Å². The molecule has 1 N–H and O–H groups in total. The van der Waals surface area contributed by atoms with E-state index in [1.165, 1.54) is 0 Å². The van der Waals surface area contributed by atoms with Crippen molar-refractivity contribution >= 4 is 5.97 Å². The maximum Gasteiger partial charge on any atom is 0.331 e. The van der Waals surface area contributed by atoms with E-state index < -0.39 is 5.97 Å². The van der Waals surface area contributed by atoms with E-state index in [2.05, 4.69) is 6.58 Å². The Bertz CT molecular complexity index is 158. The second-order valence-corrected chi connectivity index (χ2v) is 1.69. The fraction of sp³-hybridized carbons (Fsp3) is 0.286. The molecule has 3 nitrogen and oxygen atoms in total. The van der Waals surface area contributed by atoms with Gasteiger partial charge in [0, 0.05) is 0 Å². The minimum absolute atomic E-state index is 0.343. The van der Waals surface area contributed by atoms with Crippen molar-refractivity contribution in [2.24, 2.45) is 0 Å². The first kappa shape index (κ1) is 8.75. The van der Waals surface area contributed by atoms with E-state index in [1.807, 2.05) is 0 Å². The van der Waals surface area contributed by atoms with Crippen molar-refractivity contribution in [1.82, 2.24) is 0 Å². The van der Waals surface area contributed by atoms with Crippen molar-refractivity contribution in [2.45, 2.75) is 6.92 Å². The summed E-state index contributed by atoms with van der Waals surface area (Å²) in [5.74, 6) is -0.617. The van der Waals surface area contributed by atoms with Crippen molar-refractivity contribution < 1.29 is 14.6 Å². The first-order valence-corrected chi connectivity index (χ1v) is 2.81. The number of hydrogen-bond donors (Lipinski definition) is 1. The molecule has 0 spiro atoms. The molecule has 0 saturated heterocycles. The van der Waals surface area contributed by atoms with Gasteiger partial charge >= 0.3 is 5.97 Å². The molecule has 0 fully saturated rings. The fourth-order valence-electron chi connectivity index (χ4n) is 0.406. The molecular formula is C7H10O3. The van der Waals surface area contributed by atoms with E-state index in [1.54, 1.807) is 13.0 Å². The molecule has 10 heavy (non-hydrogen) atoms. The molecule has 0 rings (SSSR count). The zero-order valence-corrected chi connectivity index (χ0v) is 5.83. The summed E-state index contributed by atoms with van der Waals surface area (Å²) in [7, 11) is 0. The quantitative estimate of drug-likeness (QED) is 0.364. The Morgan fingerprint density at radius 2 is 2.40 bits per heavy atom.